The Balaban J connectivity index is 1.47. The fraction of sp³-hybridized carbons (Fsp3) is 0.400. The van der Waals surface area contributed by atoms with Gasteiger partial charge in [-0.25, -0.2) is 0 Å². The van der Waals surface area contributed by atoms with E-state index in [1.54, 1.807) is 0 Å². The van der Waals surface area contributed by atoms with Crippen LogP contribution in [0.15, 0.2) is 54.7 Å². The van der Waals surface area contributed by atoms with Crippen molar-refractivity contribution in [2.24, 2.45) is 0 Å². The Hall–Kier alpha value is -2.20. The standard InChI is InChI=1S/C20H25N3O/c1-22(14-10-18-9-5-6-13-21-18)19-11-15-23(16-12-19)20(24)17-7-3-2-4-8-17/h2-9,13,19H,10-12,14-16H2,1H3. The predicted octanol–water partition coefficient (Wildman–Crippen LogP) is 2.86. The van der Waals surface area contributed by atoms with Crippen LogP contribution in [-0.4, -0.2) is 53.4 Å². The topological polar surface area (TPSA) is 36.4 Å². The second-order valence-electron chi connectivity index (χ2n) is 6.44. The van der Waals surface area contributed by atoms with Gasteiger partial charge in [-0.3, -0.25) is 9.78 Å². The van der Waals surface area contributed by atoms with Crippen LogP contribution in [0.1, 0.15) is 28.9 Å². The SMILES string of the molecule is CN(CCc1ccccn1)C1CCN(C(=O)c2ccccc2)CC1. The maximum atomic E-state index is 12.5. The zero-order valence-electron chi connectivity index (χ0n) is 14.3. The van der Waals surface area contributed by atoms with Gasteiger partial charge in [-0.05, 0) is 44.2 Å². The van der Waals surface area contributed by atoms with Gasteiger partial charge in [-0.1, -0.05) is 24.3 Å². The number of hydrogen-bond acceptors (Lipinski definition) is 3. The van der Waals surface area contributed by atoms with E-state index in [4.69, 9.17) is 0 Å². The summed E-state index contributed by atoms with van der Waals surface area (Å²) in [4.78, 5) is 21.3. The van der Waals surface area contributed by atoms with Gasteiger partial charge in [0.15, 0.2) is 0 Å². The number of aromatic nitrogens is 1. The number of pyridine rings is 1. The Morgan fingerprint density at radius 2 is 1.83 bits per heavy atom. The monoisotopic (exact) mass is 323 g/mol. The summed E-state index contributed by atoms with van der Waals surface area (Å²) in [5.41, 5.74) is 1.93. The van der Waals surface area contributed by atoms with Crippen LogP contribution in [0.4, 0.5) is 0 Å². The number of carbonyl (C=O) groups excluding carboxylic acids is 1. The minimum absolute atomic E-state index is 0.158. The molecule has 0 saturated carbocycles. The van der Waals surface area contributed by atoms with E-state index in [2.05, 4.69) is 23.0 Å². The van der Waals surface area contributed by atoms with Gasteiger partial charge >= 0.3 is 0 Å². The van der Waals surface area contributed by atoms with Gasteiger partial charge in [0.25, 0.3) is 5.91 Å². The molecule has 0 bridgehead atoms. The van der Waals surface area contributed by atoms with E-state index < -0.39 is 0 Å². The van der Waals surface area contributed by atoms with Crippen molar-refractivity contribution in [2.75, 3.05) is 26.7 Å². The minimum Gasteiger partial charge on any atom is -0.339 e. The summed E-state index contributed by atoms with van der Waals surface area (Å²) in [7, 11) is 2.18. The third kappa shape index (κ3) is 4.20. The molecule has 1 saturated heterocycles. The highest BCUT2D eigenvalue weighted by Gasteiger charge is 2.25. The second-order valence-corrected chi connectivity index (χ2v) is 6.44. The first kappa shape index (κ1) is 16.7. The summed E-state index contributed by atoms with van der Waals surface area (Å²) in [5, 5.41) is 0. The summed E-state index contributed by atoms with van der Waals surface area (Å²) in [5.74, 6) is 0.158. The fourth-order valence-corrected chi connectivity index (χ4v) is 3.29. The number of hydrogen-bond donors (Lipinski definition) is 0. The van der Waals surface area contributed by atoms with Gasteiger partial charge in [-0.2, -0.15) is 0 Å². The molecule has 1 aromatic heterocycles. The molecule has 1 amide bonds. The van der Waals surface area contributed by atoms with Gasteiger partial charge in [-0.15, -0.1) is 0 Å². The van der Waals surface area contributed by atoms with Crippen LogP contribution in [-0.2, 0) is 6.42 Å². The highest BCUT2D eigenvalue weighted by molar-refractivity contribution is 5.94. The molecule has 2 aromatic rings. The van der Waals surface area contributed by atoms with Crippen molar-refractivity contribution in [3.63, 3.8) is 0 Å². The molecule has 1 fully saturated rings. The van der Waals surface area contributed by atoms with Crippen molar-refractivity contribution in [1.29, 1.82) is 0 Å². The van der Waals surface area contributed by atoms with Crippen molar-refractivity contribution < 1.29 is 4.79 Å². The zero-order valence-corrected chi connectivity index (χ0v) is 14.3. The Morgan fingerprint density at radius 1 is 1.12 bits per heavy atom. The summed E-state index contributed by atoms with van der Waals surface area (Å²) in [6.07, 6.45) is 4.90. The van der Waals surface area contributed by atoms with Crippen molar-refractivity contribution in [1.82, 2.24) is 14.8 Å². The van der Waals surface area contributed by atoms with Gasteiger partial charge in [0.2, 0.25) is 0 Å². The first-order valence-electron chi connectivity index (χ1n) is 8.68. The number of rotatable bonds is 5. The van der Waals surface area contributed by atoms with E-state index in [1.807, 2.05) is 53.6 Å². The Bertz CT molecular complexity index is 636. The molecule has 0 spiro atoms. The first-order chi connectivity index (χ1) is 11.7. The van der Waals surface area contributed by atoms with E-state index in [0.717, 1.165) is 50.2 Å². The molecule has 1 aromatic carbocycles. The molecule has 3 rings (SSSR count). The maximum Gasteiger partial charge on any atom is 0.253 e. The lowest BCUT2D eigenvalue weighted by atomic mass is 10.0. The molecule has 0 aliphatic carbocycles. The van der Waals surface area contributed by atoms with Crippen molar-refractivity contribution in [2.45, 2.75) is 25.3 Å². The third-order valence-corrected chi connectivity index (χ3v) is 4.84. The molecular weight excluding hydrogens is 298 g/mol. The molecule has 2 heterocycles. The van der Waals surface area contributed by atoms with Crippen LogP contribution < -0.4 is 0 Å². The Labute approximate surface area is 144 Å². The molecule has 4 nitrogen and oxygen atoms in total. The molecule has 0 N–H and O–H groups in total. The molecule has 0 unspecified atom stereocenters. The van der Waals surface area contributed by atoms with Crippen molar-refractivity contribution >= 4 is 5.91 Å². The summed E-state index contributed by atoms with van der Waals surface area (Å²) in [6.45, 7) is 2.69. The van der Waals surface area contributed by atoms with E-state index in [1.165, 1.54) is 0 Å². The highest BCUT2D eigenvalue weighted by atomic mass is 16.2. The normalized spacial score (nSPS) is 15.7. The number of nitrogens with zero attached hydrogens (tertiary/aromatic N) is 3. The number of benzene rings is 1. The minimum atomic E-state index is 0.158. The molecular formula is C20H25N3O. The van der Waals surface area contributed by atoms with Gasteiger partial charge < -0.3 is 9.80 Å². The smallest absolute Gasteiger partial charge is 0.253 e. The highest BCUT2D eigenvalue weighted by Crippen LogP contribution is 2.18. The molecule has 126 valence electrons. The van der Waals surface area contributed by atoms with Crippen molar-refractivity contribution in [3.05, 3.63) is 66.0 Å². The van der Waals surface area contributed by atoms with Gasteiger partial charge in [0, 0.05) is 49.6 Å². The lowest BCUT2D eigenvalue weighted by molar-refractivity contribution is 0.0647. The molecule has 0 atom stereocenters. The Morgan fingerprint density at radius 3 is 2.50 bits per heavy atom. The van der Waals surface area contributed by atoms with E-state index >= 15 is 0 Å². The van der Waals surface area contributed by atoms with Gasteiger partial charge in [0.05, 0.1) is 0 Å². The van der Waals surface area contributed by atoms with Crippen LogP contribution in [0, 0.1) is 0 Å². The van der Waals surface area contributed by atoms with Crippen molar-refractivity contribution in [3.8, 4) is 0 Å². The molecule has 1 aliphatic heterocycles. The number of piperidine rings is 1. The quantitative estimate of drug-likeness (QED) is 0.849. The lowest BCUT2D eigenvalue weighted by Gasteiger charge is -2.36. The van der Waals surface area contributed by atoms with Crippen LogP contribution in [0.25, 0.3) is 0 Å². The predicted molar refractivity (Wildman–Crippen MR) is 95.9 cm³/mol. The summed E-state index contributed by atoms with van der Waals surface area (Å²) in [6, 6.07) is 16.2. The molecule has 24 heavy (non-hydrogen) atoms. The summed E-state index contributed by atoms with van der Waals surface area (Å²) >= 11 is 0. The van der Waals surface area contributed by atoms with E-state index in [-0.39, 0.29) is 5.91 Å². The molecule has 1 aliphatic rings. The summed E-state index contributed by atoms with van der Waals surface area (Å²) < 4.78 is 0. The number of likely N-dealkylation sites (N-methyl/N-ethyl adjacent to an activating group) is 1. The fourth-order valence-electron chi connectivity index (χ4n) is 3.29. The van der Waals surface area contributed by atoms with Crippen LogP contribution >= 0.6 is 0 Å². The first-order valence-corrected chi connectivity index (χ1v) is 8.68. The molecule has 0 radical (unpaired) electrons. The number of likely N-dealkylation sites (tertiary alicyclic amines) is 1. The van der Waals surface area contributed by atoms with Gasteiger partial charge in [0.1, 0.15) is 0 Å². The number of amides is 1. The van der Waals surface area contributed by atoms with Crippen LogP contribution in [0.3, 0.4) is 0 Å². The largest absolute Gasteiger partial charge is 0.339 e. The second kappa shape index (κ2) is 8.06. The number of carbonyl (C=O) groups is 1. The Kier molecular flexibility index (Phi) is 5.59. The zero-order chi connectivity index (χ0) is 16.8. The average Bonchev–Trinajstić information content (AvgIpc) is 2.67. The average molecular weight is 323 g/mol. The van der Waals surface area contributed by atoms with Crippen LogP contribution in [0.5, 0.6) is 0 Å². The van der Waals surface area contributed by atoms with E-state index in [0.29, 0.717) is 6.04 Å². The van der Waals surface area contributed by atoms with E-state index in [9.17, 15) is 4.79 Å². The third-order valence-electron chi connectivity index (χ3n) is 4.84. The lowest BCUT2D eigenvalue weighted by Crippen LogP contribution is -2.46. The van der Waals surface area contributed by atoms with Crippen LogP contribution in [0.2, 0.25) is 0 Å². The maximum absolute atomic E-state index is 12.5. The molecule has 4 heteroatoms.